The molecule has 1 aromatic heterocycles. The molecule has 1 heterocycles. The maximum Gasteiger partial charge on any atom is 0.182 e. The van der Waals surface area contributed by atoms with Crippen molar-refractivity contribution >= 4 is 5.78 Å². The van der Waals surface area contributed by atoms with E-state index in [4.69, 9.17) is 0 Å². The third-order valence-electron chi connectivity index (χ3n) is 1.91. The van der Waals surface area contributed by atoms with Gasteiger partial charge in [-0.2, -0.15) is 4.80 Å². The molecule has 0 amide bonds. The Morgan fingerprint density at radius 1 is 1.67 bits per heavy atom. The number of nitrogens with zero attached hydrogens (tertiary/aromatic N) is 4. The molecule has 1 aliphatic rings. The topological polar surface area (TPSA) is 60.7 Å². The average molecular weight is 166 g/mol. The van der Waals surface area contributed by atoms with Gasteiger partial charge < -0.3 is 0 Å². The van der Waals surface area contributed by atoms with Crippen molar-refractivity contribution in [3.63, 3.8) is 0 Å². The molecule has 1 fully saturated rings. The van der Waals surface area contributed by atoms with E-state index < -0.39 is 0 Å². The fraction of sp³-hybridized carbons (Fsp3) is 0.714. The van der Waals surface area contributed by atoms with Crippen molar-refractivity contribution in [2.45, 2.75) is 19.3 Å². The summed E-state index contributed by atoms with van der Waals surface area (Å²) in [5.41, 5.74) is 0. The van der Waals surface area contributed by atoms with Gasteiger partial charge in [-0.05, 0) is 18.1 Å². The van der Waals surface area contributed by atoms with Gasteiger partial charge in [0.1, 0.15) is 5.78 Å². The van der Waals surface area contributed by atoms with Crippen LogP contribution in [0, 0.1) is 5.92 Å². The van der Waals surface area contributed by atoms with Gasteiger partial charge in [-0.15, -0.1) is 10.2 Å². The molecular weight excluding hydrogens is 156 g/mol. The summed E-state index contributed by atoms with van der Waals surface area (Å²) < 4.78 is 0. The van der Waals surface area contributed by atoms with Crippen LogP contribution in [-0.2, 0) is 18.3 Å². The van der Waals surface area contributed by atoms with Crippen molar-refractivity contribution in [2.75, 3.05) is 0 Å². The number of carbonyl (C=O) groups is 1. The molecule has 0 unspecified atom stereocenters. The van der Waals surface area contributed by atoms with Crippen LogP contribution in [0.25, 0.3) is 0 Å². The maximum atomic E-state index is 11.3. The van der Waals surface area contributed by atoms with Crippen LogP contribution in [-0.4, -0.2) is 26.0 Å². The number of tetrazole rings is 1. The molecule has 0 saturated heterocycles. The molecule has 0 aliphatic heterocycles. The van der Waals surface area contributed by atoms with Gasteiger partial charge in [-0.3, -0.25) is 4.79 Å². The van der Waals surface area contributed by atoms with E-state index in [0.29, 0.717) is 12.2 Å². The molecule has 0 aromatic carbocycles. The van der Waals surface area contributed by atoms with Crippen LogP contribution >= 0.6 is 0 Å². The van der Waals surface area contributed by atoms with Crippen LogP contribution in [0.3, 0.4) is 0 Å². The van der Waals surface area contributed by atoms with Crippen molar-refractivity contribution in [1.29, 1.82) is 0 Å². The predicted molar refractivity (Wildman–Crippen MR) is 40.2 cm³/mol. The minimum Gasteiger partial charge on any atom is -0.299 e. The number of carbonyl (C=O) groups excluding carboxylic acids is 1. The molecule has 0 radical (unpaired) electrons. The smallest absolute Gasteiger partial charge is 0.182 e. The molecular formula is C7H10N4O. The van der Waals surface area contributed by atoms with E-state index in [1.54, 1.807) is 7.05 Å². The highest BCUT2D eigenvalue weighted by molar-refractivity contribution is 5.84. The van der Waals surface area contributed by atoms with Crippen LogP contribution < -0.4 is 0 Å². The van der Waals surface area contributed by atoms with Crippen LogP contribution in [0.5, 0.6) is 0 Å². The van der Waals surface area contributed by atoms with E-state index in [1.165, 1.54) is 4.80 Å². The summed E-state index contributed by atoms with van der Waals surface area (Å²) in [6.45, 7) is 0. The molecule has 1 aliphatic carbocycles. The summed E-state index contributed by atoms with van der Waals surface area (Å²) in [6, 6.07) is 0. The Bertz CT molecular complexity index is 302. The predicted octanol–water partition coefficient (Wildman–Crippen LogP) is -0.268. The van der Waals surface area contributed by atoms with Gasteiger partial charge in [0.05, 0.1) is 13.5 Å². The Labute approximate surface area is 69.8 Å². The third kappa shape index (κ3) is 1.49. The number of ketones is 1. The average Bonchev–Trinajstić information content (AvgIpc) is 2.78. The zero-order valence-electron chi connectivity index (χ0n) is 6.90. The molecule has 5 heteroatoms. The first-order valence-corrected chi connectivity index (χ1v) is 4.01. The van der Waals surface area contributed by atoms with E-state index >= 15 is 0 Å². The lowest BCUT2D eigenvalue weighted by molar-refractivity contribution is -0.119. The lowest BCUT2D eigenvalue weighted by atomic mass is 10.2. The molecule has 0 spiro atoms. The lowest BCUT2D eigenvalue weighted by Crippen LogP contribution is -2.06. The van der Waals surface area contributed by atoms with Gasteiger partial charge in [0.2, 0.25) is 0 Å². The Morgan fingerprint density at radius 3 is 2.92 bits per heavy atom. The van der Waals surface area contributed by atoms with Crippen molar-refractivity contribution in [3.8, 4) is 0 Å². The minimum atomic E-state index is 0.253. The standard InChI is InChI=1S/C7H10N4O/c1-11-9-7(8-10-11)4-6(12)5-2-3-5/h5H,2-4H2,1H3. The molecule has 5 nitrogen and oxygen atoms in total. The summed E-state index contributed by atoms with van der Waals surface area (Å²) >= 11 is 0. The highest BCUT2D eigenvalue weighted by Gasteiger charge is 2.29. The quantitative estimate of drug-likeness (QED) is 0.620. The van der Waals surface area contributed by atoms with Gasteiger partial charge in [0, 0.05) is 5.92 Å². The lowest BCUT2D eigenvalue weighted by Gasteiger charge is -1.90. The van der Waals surface area contributed by atoms with Crippen molar-refractivity contribution in [3.05, 3.63) is 5.82 Å². The highest BCUT2D eigenvalue weighted by Crippen LogP contribution is 2.30. The fourth-order valence-corrected chi connectivity index (χ4v) is 1.10. The normalized spacial score (nSPS) is 16.4. The van der Waals surface area contributed by atoms with Crippen LogP contribution in [0.15, 0.2) is 0 Å². The molecule has 0 N–H and O–H groups in total. The summed E-state index contributed by atoms with van der Waals surface area (Å²) in [7, 11) is 1.69. The first kappa shape index (κ1) is 7.39. The SMILES string of the molecule is Cn1nnc(CC(=O)C2CC2)n1. The highest BCUT2D eigenvalue weighted by atomic mass is 16.1. The number of aromatic nitrogens is 4. The molecule has 1 aromatic rings. The van der Waals surface area contributed by atoms with Crippen molar-refractivity contribution < 1.29 is 4.79 Å². The number of hydrogen-bond donors (Lipinski definition) is 0. The molecule has 0 bridgehead atoms. The van der Waals surface area contributed by atoms with E-state index in [9.17, 15) is 4.79 Å². The second-order valence-corrected chi connectivity index (χ2v) is 3.11. The number of aryl methyl sites for hydroxylation is 1. The van der Waals surface area contributed by atoms with Gasteiger partial charge in [-0.1, -0.05) is 0 Å². The molecule has 12 heavy (non-hydrogen) atoms. The minimum absolute atomic E-state index is 0.253. The molecule has 64 valence electrons. The van der Waals surface area contributed by atoms with Crippen LogP contribution in [0.4, 0.5) is 0 Å². The van der Waals surface area contributed by atoms with Crippen LogP contribution in [0.1, 0.15) is 18.7 Å². The first-order chi connectivity index (χ1) is 5.75. The summed E-state index contributed by atoms with van der Waals surface area (Å²) in [4.78, 5) is 12.6. The van der Waals surface area contributed by atoms with Gasteiger partial charge in [-0.25, -0.2) is 0 Å². The second kappa shape index (κ2) is 2.66. The van der Waals surface area contributed by atoms with E-state index in [0.717, 1.165) is 12.8 Å². The molecule has 2 rings (SSSR count). The zero-order chi connectivity index (χ0) is 8.55. The third-order valence-corrected chi connectivity index (χ3v) is 1.91. The first-order valence-electron chi connectivity index (χ1n) is 4.01. The maximum absolute atomic E-state index is 11.3. The van der Waals surface area contributed by atoms with Crippen LogP contribution in [0.2, 0.25) is 0 Å². The number of Topliss-reactive ketones (excluding diaryl/α,β-unsaturated/α-hetero) is 1. The van der Waals surface area contributed by atoms with Gasteiger partial charge >= 0.3 is 0 Å². The Hall–Kier alpha value is -1.26. The Kier molecular flexibility index (Phi) is 1.64. The zero-order valence-corrected chi connectivity index (χ0v) is 6.90. The van der Waals surface area contributed by atoms with Gasteiger partial charge in [0.15, 0.2) is 5.82 Å². The summed E-state index contributed by atoms with van der Waals surface area (Å²) in [5.74, 6) is 1.08. The number of hydrogen-bond acceptors (Lipinski definition) is 4. The number of rotatable bonds is 3. The Balaban J connectivity index is 1.98. The summed E-state index contributed by atoms with van der Waals surface area (Å²) in [5, 5.41) is 11.3. The van der Waals surface area contributed by atoms with E-state index in [1.807, 2.05) is 0 Å². The van der Waals surface area contributed by atoms with Crippen molar-refractivity contribution in [1.82, 2.24) is 20.2 Å². The van der Waals surface area contributed by atoms with E-state index in [2.05, 4.69) is 15.4 Å². The van der Waals surface area contributed by atoms with Crippen molar-refractivity contribution in [2.24, 2.45) is 13.0 Å². The molecule has 0 atom stereocenters. The van der Waals surface area contributed by atoms with Gasteiger partial charge in [0.25, 0.3) is 0 Å². The molecule has 1 saturated carbocycles. The largest absolute Gasteiger partial charge is 0.299 e. The van der Waals surface area contributed by atoms with E-state index in [-0.39, 0.29) is 11.7 Å². The summed E-state index contributed by atoms with van der Waals surface area (Å²) in [6.07, 6.45) is 2.43. The second-order valence-electron chi connectivity index (χ2n) is 3.11. The Morgan fingerprint density at radius 2 is 2.42 bits per heavy atom. The fourth-order valence-electron chi connectivity index (χ4n) is 1.10. The monoisotopic (exact) mass is 166 g/mol.